The summed E-state index contributed by atoms with van der Waals surface area (Å²) in [4.78, 5) is 27.5. The molecular weight excluding hydrogens is 310 g/mol. The molecule has 4 nitrogen and oxygen atoms in total. The predicted molar refractivity (Wildman–Crippen MR) is 93.1 cm³/mol. The van der Waals surface area contributed by atoms with Crippen molar-refractivity contribution in [1.82, 2.24) is 4.98 Å². The van der Waals surface area contributed by atoms with Crippen LogP contribution in [0.15, 0.2) is 30.3 Å². The number of nitrogens with one attached hydrogen (secondary N) is 1. The highest BCUT2D eigenvalue weighted by molar-refractivity contribution is 7.99. The van der Waals surface area contributed by atoms with Gasteiger partial charge in [-0.3, -0.25) is 4.79 Å². The molecule has 0 spiro atoms. The third kappa shape index (κ3) is 3.85. The number of aromatic amines is 1. The van der Waals surface area contributed by atoms with Crippen LogP contribution in [0.25, 0.3) is 0 Å². The second-order valence-corrected chi connectivity index (χ2v) is 6.75. The number of ether oxygens (including phenoxy) is 1. The molecule has 0 saturated carbocycles. The first-order valence-corrected chi connectivity index (χ1v) is 8.47. The number of rotatable bonds is 6. The molecule has 0 radical (unpaired) electrons. The number of H-pyrrole nitrogens is 1. The van der Waals surface area contributed by atoms with E-state index in [1.165, 1.54) is 12.7 Å². The highest BCUT2D eigenvalue weighted by Gasteiger charge is 2.25. The largest absolute Gasteiger partial charge is 0.465 e. The second kappa shape index (κ2) is 7.51. The van der Waals surface area contributed by atoms with Gasteiger partial charge in [0.25, 0.3) is 0 Å². The highest BCUT2D eigenvalue weighted by Crippen LogP contribution is 2.25. The van der Waals surface area contributed by atoms with Crippen LogP contribution in [-0.4, -0.2) is 29.1 Å². The Morgan fingerprint density at radius 3 is 2.48 bits per heavy atom. The molecule has 0 aliphatic carbocycles. The predicted octanol–water partition coefficient (Wildman–Crippen LogP) is 3.92. The van der Waals surface area contributed by atoms with Crippen molar-refractivity contribution in [1.29, 1.82) is 0 Å². The summed E-state index contributed by atoms with van der Waals surface area (Å²) in [6, 6.07) is 10.0. The van der Waals surface area contributed by atoms with Crippen molar-refractivity contribution >= 4 is 23.5 Å². The molecule has 2 aromatic rings. The smallest absolute Gasteiger partial charge is 0.339 e. The normalized spacial score (nSPS) is 12.0. The standard InChI is InChI=1S/C18H21NO3S/c1-11-15(18(21)22-4)12(2)19-16(11)17(20)13(3)23-10-14-8-6-5-7-9-14/h5-9,13,19H,10H2,1-4H3/t13-/m1/s1. The summed E-state index contributed by atoms with van der Waals surface area (Å²) < 4.78 is 4.78. The molecule has 1 atom stereocenters. The molecular formula is C18H21NO3S. The van der Waals surface area contributed by atoms with Gasteiger partial charge in [-0.05, 0) is 31.9 Å². The lowest BCUT2D eigenvalue weighted by Crippen LogP contribution is -2.15. The zero-order valence-corrected chi connectivity index (χ0v) is 14.6. The molecule has 23 heavy (non-hydrogen) atoms. The quantitative estimate of drug-likeness (QED) is 0.644. The summed E-state index contributed by atoms with van der Waals surface area (Å²) in [6.45, 7) is 5.44. The minimum atomic E-state index is -0.417. The van der Waals surface area contributed by atoms with Crippen LogP contribution in [0.2, 0.25) is 0 Å². The lowest BCUT2D eigenvalue weighted by atomic mass is 10.1. The summed E-state index contributed by atoms with van der Waals surface area (Å²) in [6.07, 6.45) is 0. The van der Waals surface area contributed by atoms with Gasteiger partial charge in [0.2, 0.25) is 0 Å². The minimum Gasteiger partial charge on any atom is -0.465 e. The van der Waals surface area contributed by atoms with Crippen molar-refractivity contribution < 1.29 is 14.3 Å². The van der Waals surface area contributed by atoms with Crippen molar-refractivity contribution in [2.45, 2.75) is 31.8 Å². The lowest BCUT2D eigenvalue weighted by molar-refractivity contribution is 0.0599. The summed E-state index contributed by atoms with van der Waals surface area (Å²) in [5.74, 6) is 0.359. The topological polar surface area (TPSA) is 59.2 Å². The van der Waals surface area contributed by atoms with Crippen molar-refractivity contribution in [3.63, 3.8) is 0 Å². The number of carbonyl (C=O) groups is 2. The van der Waals surface area contributed by atoms with Gasteiger partial charge in [-0.25, -0.2) is 4.79 Å². The fourth-order valence-electron chi connectivity index (χ4n) is 2.48. The minimum absolute atomic E-state index is 0.00156. The Balaban J connectivity index is 2.12. The number of methoxy groups -OCH3 is 1. The Morgan fingerprint density at radius 1 is 1.22 bits per heavy atom. The Morgan fingerprint density at radius 2 is 1.87 bits per heavy atom. The molecule has 0 bridgehead atoms. The van der Waals surface area contributed by atoms with Crippen LogP contribution < -0.4 is 0 Å². The molecule has 1 aromatic heterocycles. The maximum atomic E-state index is 12.7. The summed E-state index contributed by atoms with van der Waals surface area (Å²) >= 11 is 1.58. The van der Waals surface area contributed by atoms with E-state index in [0.717, 1.165) is 5.75 Å². The first-order valence-electron chi connectivity index (χ1n) is 7.43. The summed E-state index contributed by atoms with van der Waals surface area (Å²) in [5, 5.41) is -0.197. The van der Waals surface area contributed by atoms with Crippen LogP contribution in [0.4, 0.5) is 0 Å². The Bertz CT molecular complexity index is 707. The number of hydrogen-bond acceptors (Lipinski definition) is 4. The van der Waals surface area contributed by atoms with Crippen molar-refractivity contribution in [3.05, 3.63) is 58.4 Å². The van der Waals surface area contributed by atoms with Gasteiger partial charge < -0.3 is 9.72 Å². The van der Waals surface area contributed by atoms with E-state index in [4.69, 9.17) is 4.74 Å². The number of Topliss-reactive ketones (excluding diaryl/α,β-unsaturated/α-hetero) is 1. The van der Waals surface area contributed by atoms with Crippen LogP contribution in [0, 0.1) is 13.8 Å². The monoisotopic (exact) mass is 331 g/mol. The average molecular weight is 331 g/mol. The number of ketones is 1. The van der Waals surface area contributed by atoms with E-state index in [2.05, 4.69) is 4.98 Å². The van der Waals surface area contributed by atoms with E-state index in [0.29, 0.717) is 22.5 Å². The number of thioether (sulfide) groups is 1. The number of aryl methyl sites for hydroxylation is 1. The van der Waals surface area contributed by atoms with E-state index in [9.17, 15) is 9.59 Å². The van der Waals surface area contributed by atoms with E-state index in [-0.39, 0.29) is 11.0 Å². The molecule has 0 unspecified atom stereocenters. The van der Waals surface area contributed by atoms with Gasteiger partial charge in [0.1, 0.15) is 0 Å². The fourth-order valence-corrected chi connectivity index (χ4v) is 3.38. The molecule has 0 aliphatic heterocycles. The van der Waals surface area contributed by atoms with Gasteiger partial charge in [-0.1, -0.05) is 30.3 Å². The zero-order valence-electron chi connectivity index (χ0n) is 13.8. The maximum absolute atomic E-state index is 12.7. The van der Waals surface area contributed by atoms with E-state index in [1.807, 2.05) is 37.3 Å². The molecule has 0 amide bonds. The first-order chi connectivity index (χ1) is 11.0. The molecule has 0 aliphatic rings. The molecule has 2 rings (SSSR count). The number of benzene rings is 1. The number of esters is 1. The third-order valence-corrected chi connectivity index (χ3v) is 5.00. The van der Waals surface area contributed by atoms with Crippen molar-refractivity contribution in [3.8, 4) is 0 Å². The van der Waals surface area contributed by atoms with E-state index >= 15 is 0 Å². The van der Waals surface area contributed by atoms with E-state index in [1.54, 1.807) is 25.6 Å². The first kappa shape index (κ1) is 17.3. The zero-order chi connectivity index (χ0) is 17.0. The highest BCUT2D eigenvalue weighted by atomic mass is 32.2. The van der Waals surface area contributed by atoms with Gasteiger partial charge in [-0.2, -0.15) is 0 Å². The van der Waals surface area contributed by atoms with Gasteiger partial charge in [-0.15, -0.1) is 11.8 Å². The molecule has 1 heterocycles. The lowest BCUT2D eigenvalue weighted by Gasteiger charge is -2.10. The fraction of sp³-hybridized carbons (Fsp3) is 0.333. The molecule has 1 N–H and O–H groups in total. The Kier molecular flexibility index (Phi) is 5.66. The number of carbonyl (C=O) groups excluding carboxylic acids is 2. The summed E-state index contributed by atoms with van der Waals surface area (Å²) in [5.41, 5.74) is 3.46. The van der Waals surface area contributed by atoms with Gasteiger partial charge in [0, 0.05) is 11.4 Å². The Labute approximate surface area is 140 Å². The second-order valence-electron chi connectivity index (χ2n) is 5.42. The van der Waals surface area contributed by atoms with Crippen LogP contribution >= 0.6 is 11.8 Å². The number of hydrogen-bond donors (Lipinski definition) is 1. The number of aromatic nitrogens is 1. The maximum Gasteiger partial charge on any atom is 0.339 e. The van der Waals surface area contributed by atoms with Crippen molar-refractivity contribution in [2.24, 2.45) is 0 Å². The molecule has 1 aromatic carbocycles. The van der Waals surface area contributed by atoms with Crippen molar-refractivity contribution in [2.75, 3.05) is 7.11 Å². The molecule has 0 fully saturated rings. The van der Waals surface area contributed by atoms with Crippen LogP contribution in [0.1, 0.15) is 44.6 Å². The SMILES string of the molecule is COC(=O)c1c(C)[nH]c(C(=O)[C@@H](C)SCc2ccccc2)c1C. The van der Waals surface area contributed by atoms with E-state index < -0.39 is 5.97 Å². The molecule has 0 saturated heterocycles. The molecule has 5 heteroatoms. The average Bonchev–Trinajstić information content (AvgIpc) is 2.86. The summed E-state index contributed by atoms with van der Waals surface area (Å²) in [7, 11) is 1.34. The van der Waals surface area contributed by atoms with Crippen LogP contribution in [-0.2, 0) is 10.5 Å². The van der Waals surface area contributed by atoms with Crippen LogP contribution in [0.5, 0.6) is 0 Å². The Hall–Kier alpha value is -2.01. The van der Waals surface area contributed by atoms with Gasteiger partial charge in [0.05, 0.1) is 23.6 Å². The van der Waals surface area contributed by atoms with Gasteiger partial charge in [0.15, 0.2) is 5.78 Å². The molecule has 122 valence electrons. The third-order valence-electron chi connectivity index (χ3n) is 3.79. The van der Waals surface area contributed by atoms with Crippen LogP contribution in [0.3, 0.4) is 0 Å². The van der Waals surface area contributed by atoms with Gasteiger partial charge >= 0.3 is 5.97 Å².